The third-order valence-corrected chi connectivity index (χ3v) is 2.11. The van der Waals surface area contributed by atoms with Crippen LogP contribution in [0.25, 0.3) is 0 Å². The van der Waals surface area contributed by atoms with E-state index in [0.717, 1.165) is 13.1 Å². The summed E-state index contributed by atoms with van der Waals surface area (Å²) in [5.74, 6) is -0.0811. The zero-order valence-corrected chi connectivity index (χ0v) is 10.8. The van der Waals surface area contributed by atoms with Crippen molar-refractivity contribution in [3.8, 4) is 11.5 Å². The number of hydrogen-bond acceptors (Lipinski definition) is 3. The number of phenolic OH excluding ortho intramolecular Hbond substituents is 2. The van der Waals surface area contributed by atoms with Crippen molar-refractivity contribution in [1.82, 2.24) is 0 Å². The summed E-state index contributed by atoms with van der Waals surface area (Å²) in [7, 11) is 0. The Labute approximate surface area is 112 Å². The molecule has 0 amide bonds. The minimum Gasteiger partial charge on any atom is -1.00 e. The largest absolute Gasteiger partial charge is 1.00 e. The van der Waals surface area contributed by atoms with E-state index in [1.165, 1.54) is 18.2 Å². The molecule has 0 heterocycles. The fourth-order valence-electron chi connectivity index (χ4n) is 1.37. The van der Waals surface area contributed by atoms with Gasteiger partial charge < -0.3 is 51.2 Å². The van der Waals surface area contributed by atoms with Gasteiger partial charge in [0.15, 0.2) is 0 Å². The van der Waals surface area contributed by atoms with Crippen molar-refractivity contribution in [3.05, 3.63) is 23.8 Å². The van der Waals surface area contributed by atoms with Gasteiger partial charge in [-0.05, 0) is 17.7 Å². The van der Waals surface area contributed by atoms with Gasteiger partial charge in [0.25, 0.3) is 0 Å². The Morgan fingerprint density at radius 1 is 1.12 bits per heavy atom. The highest BCUT2D eigenvalue weighted by molar-refractivity contribution is 5.37. The molecule has 0 radical (unpaired) electrons. The van der Waals surface area contributed by atoms with Crippen LogP contribution in [0.5, 0.6) is 11.5 Å². The van der Waals surface area contributed by atoms with Crippen LogP contribution in [0.4, 0.5) is 0 Å². The maximum Gasteiger partial charge on any atom is 0.128 e. The Kier molecular flexibility index (Phi) is 10.2. The molecule has 1 rings (SSSR count). The smallest absolute Gasteiger partial charge is 0.128 e. The number of aromatic hydroxyl groups is 2. The summed E-state index contributed by atoms with van der Waals surface area (Å²) in [5, 5.41) is 30.1. The monoisotopic (exact) mass is 284 g/mol. The van der Waals surface area contributed by atoms with Gasteiger partial charge in [0.2, 0.25) is 0 Å². The minimum atomic E-state index is -0.686. The molecule has 0 aliphatic carbocycles. The molecular weight excluding hydrogens is 267 g/mol. The fraction of sp³-hybridized carbons (Fsp3) is 0.400. The fourth-order valence-corrected chi connectivity index (χ4v) is 1.37. The third-order valence-electron chi connectivity index (χ3n) is 2.11. The first kappa shape index (κ1) is 18.6. The van der Waals surface area contributed by atoms with Gasteiger partial charge in [0, 0.05) is 6.07 Å². The van der Waals surface area contributed by atoms with Crippen LogP contribution in [0, 0.1) is 0 Å². The lowest BCUT2D eigenvalue weighted by Crippen LogP contribution is -3.00. The Hall–Kier alpha value is -0.720. The lowest BCUT2D eigenvalue weighted by molar-refractivity contribution is -0.676. The van der Waals surface area contributed by atoms with Crippen molar-refractivity contribution < 1.29 is 51.2 Å². The Morgan fingerprint density at radius 3 is 2.12 bits per heavy atom. The van der Waals surface area contributed by atoms with Crippen molar-refractivity contribution in [2.75, 3.05) is 19.6 Å². The van der Waals surface area contributed by atoms with Gasteiger partial charge in [0.05, 0.1) is 0 Å². The van der Waals surface area contributed by atoms with Crippen molar-refractivity contribution in [3.63, 3.8) is 0 Å². The average molecular weight is 285 g/mol. The second-order valence-electron chi connectivity index (χ2n) is 3.47. The second-order valence-corrected chi connectivity index (χ2v) is 3.47. The van der Waals surface area contributed by atoms with E-state index < -0.39 is 6.10 Å². The summed E-state index contributed by atoms with van der Waals surface area (Å²) in [4.78, 5) is 0. The molecule has 5 nitrogen and oxygen atoms in total. The van der Waals surface area contributed by atoms with Gasteiger partial charge in [-0.3, -0.25) is 0 Å². The number of aliphatic hydroxyl groups excluding tert-OH is 1. The first-order valence-electron chi connectivity index (χ1n) is 4.95. The van der Waals surface area contributed by atoms with Gasteiger partial charge in [-0.15, -0.1) is 0 Å². The SMILES string of the molecule is [Cl-].[Cl-].[NH3+]CC[NH2+]CC(O)c1cc(O)cc(O)c1. The van der Waals surface area contributed by atoms with Crippen LogP contribution in [0.15, 0.2) is 18.2 Å². The number of aliphatic hydroxyl groups is 1. The Balaban J connectivity index is 0. The number of rotatable bonds is 5. The van der Waals surface area contributed by atoms with Crippen molar-refractivity contribution in [1.29, 1.82) is 0 Å². The maximum absolute atomic E-state index is 9.72. The molecule has 100 valence electrons. The molecule has 1 atom stereocenters. The van der Waals surface area contributed by atoms with E-state index in [1.807, 2.05) is 5.32 Å². The van der Waals surface area contributed by atoms with E-state index in [4.69, 9.17) is 0 Å². The molecule has 17 heavy (non-hydrogen) atoms. The normalized spacial score (nSPS) is 11.2. The second kappa shape index (κ2) is 9.32. The molecule has 1 unspecified atom stereocenters. The van der Waals surface area contributed by atoms with Crippen molar-refractivity contribution in [2.45, 2.75) is 6.10 Å². The lowest BCUT2D eigenvalue weighted by atomic mass is 10.1. The maximum atomic E-state index is 9.72. The number of hydrogen-bond donors (Lipinski definition) is 5. The lowest BCUT2D eigenvalue weighted by Gasteiger charge is -2.10. The van der Waals surface area contributed by atoms with Crippen LogP contribution in [0.3, 0.4) is 0 Å². The molecule has 0 bridgehead atoms. The number of quaternary nitrogens is 2. The van der Waals surface area contributed by atoms with Crippen LogP contribution in [0.1, 0.15) is 11.7 Å². The first-order chi connectivity index (χ1) is 7.13. The number of nitrogens with two attached hydrogens (primary N) is 1. The molecule has 0 saturated carbocycles. The van der Waals surface area contributed by atoms with Crippen molar-refractivity contribution in [2.24, 2.45) is 0 Å². The first-order valence-corrected chi connectivity index (χ1v) is 4.95. The zero-order chi connectivity index (χ0) is 11.3. The third kappa shape index (κ3) is 6.55. The predicted molar refractivity (Wildman–Crippen MR) is 54.1 cm³/mol. The summed E-state index contributed by atoms with van der Waals surface area (Å²) in [6.07, 6.45) is -0.686. The summed E-state index contributed by atoms with van der Waals surface area (Å²) in [5.41, 5.74) is 4.21. The molecule has 0 aromatic heterocycles. The molecule has 0 aliphatic heterocycles. The average Bonchev–Trinajstić information content (AvgIpc) is 2.16. The Bertz CT molecular complexity index is 306. The zero-order valence-electron chi connectivity index (χ0n) is 9.31. The van der Waals surface area contributed by atoms with Crippen LogP contribution in [-0.4, -0.2) is 35.0 Å². The van der Waals surface area contributed by atoms with E-state index in [0.29, 0.717) is 12.1 Å². The molecule has 0 aliphatic rings. The van der Waals surface area contributed by atoms with Crippen LogP contribution >= 0.6 is 0 Å². The van der Waals surface area contributed by atoms with Crippen LogP contribution in [0.2, 0.25) is 0 Å². The predicted octanol–water partition coefficient (Wildman–Crippen LogP) is -8.06. The van der Waals surface area contributed by atoms with Gasteiger partial charge in [0.1, 0.15) is 37.2 Å². The molecular formula is C10H18Cl2N2O3. The van der Waals surface area contributed by atoms with Crippen molar-refractivity contribution >= 4 is 0 Å². The van der Waals surface area contributed by atoms with E-state index >= 15 is 0 Å². The number of phenols is 2. The van der Waals surface area contributed by atoms with Crippen LogP contribution in [-0.2, 0) is 0 Å². The van der Waals surface area contributed by atoms with Gasteiger partial charge >= 0.3 is 0 Å². The van der Waals surface area contributed by atoms with Gasteiger partial charge in [-0.1, -0.05) is 0 Å². The Morgan fingerprint density at radius 2 is 1.65 bits per heavy atom. The quantitative estimate of drug-likeness (QED) is 0.347. The molecule has 7 heteroatoms. The topological polar surface area (TPSA) is 105 Å². The molecule has 1 aromatic carbocycles. The molecule has 1 aromatic rings. The highest BCUT2D eigenvalue weighted by atomic mass is 35.5. The molecule has 0 saturated heterocycles. The summed E-state index contributed by atoms with van der Waals surface area (Å²) < 4.78 is 0. The summed E-state index contributed by atoms with van der Waals surface area (Å²) in [6.45, 7) is 2.15. The highest BCUT2D eigenvalue weighted by Gasteiger charge is 2.11. The van der Waals surface area contributed by atoms with E-state index in [9.17, 15) is 15.3 Å². The number of halogens is 2. The molecule has 8 N–H and O–H groups in total. The van der Waals surface area contributed by atoms with Crippen LogP contribution < -0.4 is 35.9 Å². The minimum absolute atomic E-state index is 0. The highest BCUT2D eigenvalue weighted by Crippen LogP contribution is 2.23. The summed E-state index contributed by atoms with van der Waals surface area (Å²) in [6, 6.07) is 4.13. The van der Waals surface area contributed by atoms with E-state index in [2.05, 4.69) is 5.73 Å². The van der Waals surface area contributed by atoms with E-state index in [-0.39, 0.29) is 36.3 Å². The molecule has 0 fully saturated rings. The number of benzene rings is 1. The van der Waals surface area contributed by atoms with Gasteiger partial charge in [-0.2, -0.15) is 0 Å². The standard InChI is InChI=1S/C10H16N2O3.2ClH/c11-1-2-12-6-10(15)7-3-8(13)5-9(14)4-7;;/h3-5,10,12-15H,1-2,6,11H2;2*1H. The van der Waals surface area contributed by atoms with E-state index in [1.54, 1.807) is 0 Å². The summed E-state index contributed by atoms with van der Waals surface area (Å²) >= 11 is 0. The molecule has 0 spiro atoms. The van der Waals surface area contributed by atoms with Gasteiger partial charge in [-0.25, -0.2) is 0 Å².